The van der Waals surface area contributed by atoms with Crippen molar-refractivity contribution in [3.63, 3.8) is 0 Å². The standard InChI is InChI=1S/C20H32O4/c1-12-17(22)18(2,11-23-3)10-15(21)20-9-13(20)5-7-19(12)8-6-14(24-4)16(19)20/h12-16,21H,5-11H2,1-4H3/t12-,13-,14+,15+,16?,18-,19?,20-/m0/s1. The first-order chi connectivity index (χ1) is 11.4. The van der Waals surface area contributed by atoms with Crippen molar-refractivity contribution in [2.24, 2.45) is 34.0 Å². The summed E-state index contributed by atoms with van der Waals surface area (Å²) in [5.74, 6) is 1.27. The van der Waals surface area contributed by atoms with Crippen LogP contribution in [-0.4, -0.2) is 43.9 Å². The third kappa shape index (κ3) is 1.88. The van der Waals surface area contributed by atoms with Crippen molar-refractivity contribution >= 4 is 5.78 Å². The highest BCUT2D eigenvalue weighted by atomic mass is 16.5. The molecule has 136 valence electrons. The van der Waals surface area contributed by atoms with Crippen LogP contribution in [0.1, 0.15) is 52.4 Å². The molecule has 2 unspecified atom stereocenters. The number of Topliss-reactive ketones (excluding diaryl/α,β-unsaturated/α-hetero) is 1. The van der Waals surface area contributed by atoms with Crippen LogP contribution in [-0.2, 0) is 14.3 Å². The molecule has 2 bridgehead atoms. The van der Waals surface area contributed by atoms with E-state index >= 15 is 0 Å². The number of methoxy groups -OCH3 is 2. The third-order valence-corrected chi connectivity index (χ3v) is 8.50. The van der Waals surface area contributed by atoms with Crippen LogP contribution in [0.25, 0.3) is 0 Å². The molecule has 0 aliphatic heterocycles. The van der Waals surface area contributed by atoms with Gasteiger partial charge in [0.2, 0.25) is 0 Å². The molecule has 1 spiro atoms. The van der Waals surface area contributed by atoms with E-state index in [9.17, 15) is 9.90 Å². The molecule has 0 aromatic carbocycles. The first-order valence-electron chi connectivity index (χ1n) is 9.60. The minimum Gasteiger partial charge on any atom is -0.392 e. The van der Waals surface area contributed by atoms with E-state index in [-0.39, 0.29) is 22.9 Å². The molecule has 4 rings (SSSR count). The molecule has 4 aliphatic rings. The van der Waals surface area contributed by atoms with Gasteiger partial charge >= 0.3 is 0 Å². The Balaban J connectivity index is 1.83. The third-order valence-electron chi connectivity index (χ3n) is 8.50. The van der Waals surface area contributed by atoms with E-state index in [1.165, 1.54) is 6.42 Å². The van der Waals surface area contributed by atoms with Crippen molar-refractivity contribution in [3.8, 4) is 0 Å². The van der Waals surface area contributed by atoms with Crippen molar-refractivity contribution in [2.45, 2.75) is 64.6 Å². The Morgan fingerprint density at radius 1 is 1.21 bits per heavy atom. The fourth-order valence-electron chi connectivity index (χ4n) is 7.35. The molecular weight excluding hydrogens is 304 g/mol. The molecule has 0 aromatic heterocycles. The Labute approximate surface area is 145 Å². The highest BCUT2D eigenvalue weighted by Crippen LogP contribution is 2.77. The summed E-state index contributed by atoms with van der Waals surface area (Å²) in [7, 11) is 3.46. The summed E-state index contributed by atoms with van der Waals surface area (Å²) in [5.41, 5.74) is -0.575. The summed E-state index contributed by atoms with van der Waals surface area (Å²) in [6.45, 7) is 4.56. The van der Waals surface area contributed by atoms with Gasteiger partial charge in [0, 0.05) is 25.6 Å². The van der Waals surface area contributed by atoms with Crippen LogP contribution >= 0.6 is 0 Å². The van der Waals surface area contributed by atoms with E-state index in [0.717, 1.165) is 25.7 Å². The lowest BCUT2D eigenvalue weighted by atomic mass is 9.50. The molecule has 4 saturated carbocycles. The van der Waals surface area contributed by atoms with E-state index < -0.39 is 11.5 Å². The topological polar surface area (TPSA) is 55.8 Å². The maximum absolute atomic E-state index is 13.5. The summed E-state index contributed by atoms with van der Waals surface area (Å²) in [5, 5.41) is 11.3. The molecule has 24 heavy (non-hydrogen) atoms. The second-order valence-electron chi connectivity index (χ2n) is 9.38. The summed E-state index contributed by atoms with van der Waals surface area (Å²) < 4.78 is 11.3. The molecule has 0 aromatic rings. The Morgan fingerprint density at radius 3 is 2.58 bits per heavy atom. The number of carbonyl (C=O) groups excluding carboxylic acids is 1. The van der Waals surface area contributed by atoms with Crippen LogP contribution in [0.2, 0.25) is 0 Å². The van der Waals surface area contributed by atoms with Crippen molar-refractivity contribution in [3.05, 3.63) is 0 Å². The van der Waals surface area contributed by atoms with Crippen molar-refractivity contribution < 1.29 is 19.4 Å². The minimum atomic E-state index is -0.575. The Kier molecular flexibility index (Phi) is 3.73. The van der Waals surface area contributed by atoms with Gasteiger partial charge in [0.25, 0.3) is 0 Å². The molecule has 0 radical (unpaired) electrons. The van der Waals surface area contributed by atoms with Crippen LogP contribution in [0.3, 0.4) is 0 Å². The van der Waals surface area contributed by atoms with E-state index in [2.05, 4.69) is 6.92 Å². The van der Waals surface area contributed by atoms with Crippen LogP contribution < -0.4 is 0 Å². The second-order valence-corrected chi connectivity index (χ2v) is 9.38. The fourth-order valence-corrected chi connectivity index (χ4v) is 7.35. The number of rotatable bonds is 3. The highest BCUT2D eigenvalue weighted by molar-refractivity contribution is 5.87. The first kappa shape index (κ1) is 17.0. The molecule has 8 atom stereocenters. The summed E-state index contributed by atoms with van der Waals surface area (Å²) >= 11 is 0. The summed E-state index contributed by atoms with van der Waals surface area (Å²) in [4.78, 5) is 13.5. The quantitative estimate of drug-likeness (QED) is 0.861. The number of aliphatic hydroxyl groups is 1. The zero-order valence-corrected chi connectivity index (χ0v) is 15.5. The van der Waals surface area contributed by atoms with E-state index in [1.54, 1.807) is 14.2 Å². The van der Waals surface area contributed by atoms with Gasteiger partial charge in [0.1, 0.15) is 5.78 Å². The van der Waals surface area contributed by atoms with Crippen LogP contribution in [0.5, 0.6) is 0 Å². The molecule has 1 N–H and O–H groups in total. The van der Waals surface area contributed by atoms with Crippen LogP contribution in [0.4, 0.5) is 0 Å². The van der Waals surface area contributed by atoms with Gasteiger partial charge in [-0.15, -0.1) is 0 Å². The largest absolute Gasteiger partial charge is 0.392 e. The van der Waals surface area contributed by atoms with Gasteiger partial charge in [0.05, 0.1) is 24.2 Å². The monoisotopic (exact) mass is 336 g/mol. The normalized spacial score (nSPS) is 56.2. The van der Waals surface area contributed by atoms with Crippen molar-refractivity contribution in [2.75, 3.05) is 20.8 Å². The lowest BCUT2D eigenvalue weighted by Crippen LogP contribution is -2.57. The zero-order chi connectivity index (χ0) is 17.3. The number of ether oxygens (including phenoxy) is 2. The molecule has 4 nitrogen and oxygen atoms in total. The average molecular weight is 336 g/mol. The van der Waals surface area contributed by atoms with Gasteiger partial charge in [-0.25, -0.2) is 0 Å². The van der Waals surface area contributed by atoms with Crippen LogP contribution in [0, 0.1) is 34.0 Å². The van der Waals surface area contributed by atoms with E-state index in [0.29, 0.717) is 30.6 Å². The fraction of sp³-hybridized carbons (Fsp3) is 0.950. The Bertz CT molecular complexity index is 548. The molecule has 0 amide bonds. The van der Waals surface area contributed by atoms with Gasteiger partial charge in [0.15, 0.2) is 0 Å². The minimum absolute atomic E-state index is 0.0145. The number of carbonyl (C=O) groups is 1. The summed E-state index contributed by atoms with van der Waals surface area (Å²) in [6.07, 6.45) is 5.81. The highest BCUT2D eigenvalue weighted by Gasteiger charge is 2.76. The maximum atomic E-state index is 13.5. The zero-order valence-electron chi connectivity index (χ0n) is 15.5. The Morgan fingerprint density at radius 2 is 1.92 bits per heavy atom. The number of hydrogen-bond acceptors (Lipinski definition) is 4. The van der Waals surface area contributed by atoms with Crippen molar-refractivity contribution in [1.82, 2.24) is 0 Å². The molecule has 4 fully saturated rings. The summed E-state index contributed by atoms with van der Waals surface area (Å²) in [6, 6.07) is 0. The van der Waals surface area contributed by atoms with Gasteiger partial charge in [-0.05, 0) is 55.8 Å². The van der Waals surface area contributed by atoms with Crippen molar-refractivity contribution in [1.29, 1.82) is 0 Å². The molecule has 4 heteroatoms. The Hall–Kier alpha value is -0.450. The number of aliphatic hydroxyl groups excluding tert-OH is 1. The van der Waals surface area contributed by atoms with Gasteiger partial charge in [-0.1, -0.05) is 13.8 Å². The van der Waals surface area contributed by atoms with E-state index in [4.69, 9.17) is 9.47 Å². The SMILES string of the molecule is COC[C@]1(C)C[C@@H](O)[C@]23C[C@@H]2CCC2(CC[C@@H](OC)C23)[C@@H](C)C1=O. The predicted octanol–water partition coefficient (Wildman–Crippen LogP) is 2.82. The van der Waals surface area contributed by atoms with Gasteiger partial charge < -0.3 is 14.6 Å². The average Bonchev–Trinajstić information content (AvgIpc) is 3.19. The second kappa shape index (κ2) is 5.28. The lowest BCUT2D eigenvalue weighted by Gasteiger charge is -2.54. The lowest BCUT2D eigenvalue weighted by molar-refractivity contribution is -0.163. The predicted molar refractivity (Wildman–Crippen MR) is 90.5 cm³/mol. The molecule has 4 aliphatic carbocycles. The molecular formula is C20H32O4. The van der Waals surface area contributed by atoms with Gasteiger partial charge in [-0.2, -0.15) is 0 Å². The number of ketones is 1. The van der Waals surface area contributed by atoms with Gasteiger partial charge in [-0.3, -0.25) is 4.79 Å². The smallest absolute Gasteiger partial charge is 0.144 e. The first-order valence-corrected chi connectivity index (χ1v) is 9.60. The maximum Gasteiger partial charge on any atom is 0.144 e. The molecule has 0 heterocycles. The molecule has 0 saturated heterocycles. The van der Waals surface area contributed by atoms with Crippen LogP contribution in [0.15, 0.2) is 0 Å². The number of hydrogen-bond donors (Lipinski definition) is 1. The van der Waals surface area contributed by atoms with E-state index in [1.807, 2.05) is 6.92 Å².